The molecule has 1 N–H and O–H groups in total. The van der Waals surface area contributed by atoms with E-state index in [0.717, 1.165) is 12.0 Å². The maximum Gasteiger partial charge on any atom is 0.344 e. The molecule has 28 heavy (non-hydrogen) atoms. The van der Waals surface area contributed by atoms with Gasteiger partial charge in [0.1, 0.15) is 11.4 Å². The van der Waals surface area contributed by atoms with Crippen LogP contribution in [0.5, 0.6) is 11.5 Å². The minimum Gasteiger partial charge on any atom is -0.483 e. The molecule has 2 aromatic rings. The van der Waals surface area contributed by atoms with Gasteiger partial charge in [-0.25, -0.2) is 9.18 Å². The first-order valence-electron chi connectivity index (χ1n) is 8.93. The molecular formula is C21H22FNO5. The van der Waals surface area contributed by atoms with Crippen molar-refractivity contribution in [3.63, 3.8) is 0 Å². The Hall–Kier alpha value is -3.09. The van der Waals surface area contributed by atoms with Crippen LogP contribution in [-0.2, 0) is 20.7 Å². The summed E-state index contributed by atoms with van der Waals surface area (Å²) in [7, 11) is 0. The standard InChI is InChI=1S/C21H22FNO5/c1-13(20(25)23-16-9-7-15(22)8-10-16)27-18(24)12-26-17-6-4-5-14-11-21(2,3)28-19(14)17/h4-10,13H,11-12H2,1-3H3,(H,23,25)/t13-/m1/s1. The number of fused-ring (bicyclic) bond motifs is 1. The highest BCUT2D eigenvalue weighted by Crippen LogP contribution is 2.41. The van der Waals surface area contributed by atoms with Crippen LogP contribution in [0.25, 0.3) is 0 Å². The molecule has 148 valence electrons. The summed E-state index contributed by atoms with van der Waals surface area (Å²) >= 11 is 0. The third-order valence-corrected chi connectivity index (χ3v) is 4.19. The Morgan fingerprint density at radius 1 is 1.21 bits per heavy atom. The number of carbonyl (C=O) groups is 2. The highest BCUT2D eigenvalue weighted by atomic mass is 19.1. The first-order valence-corrected chi connectivity index (χ1v) is 8.93. The highest BCUT2D eigenvalue weighted by molar-refractivity contribution is 5.95. The Kier molecular flexibility index (Phi) is 5.53. The molecule has 7 heteroatoms. The van der Waals surface area contributed by atoms with Crippen molar-refractivity contribution >= 4 is 17.6 Å². The van der Waals surface area contributed by atoms with E-state index < -0.39 is 23.8 Å². The van der Waals surface area contributed by atoms with E-state index in [2.05, 4.69) is 5.32 Å². The lowest BCUT2D eigenvalue weighted by molar-refractivity contribution is -0.155. The third kappa shape index (κ3) is 4.79. The predicted molar refractivity (Wildman–Crippen MR) is 101 cm³/mol. The van der Waals surface area contributed by atoms with Crippen LogP contribution in [0.1, 0.15) is 26.3 Å². The molecule has 1 aliphatic heterocycles. The quantitative estimate of drug-likeness (QED) is 0.768. The number of halogens is 1. The van der Waals surface area contributed by atoms with Gasteiger partial charge >= 0.3 is 5.97 Å². The van der Waals surface area contributed by atoms with Crippen molar-refractivity contribution in [3.8, 4) is 11.5 Å². The molecule has 1 atom stereocenters. The largest absolute Gasteiger partial charge is 0.483 e. The number of hydrogen-bond donors (Lipinski definition) is 1. The molecule has 0 saturated carbocycles. The molecule has 0 spiro atoms. The van der Waals surface area contributed by atoms with Crippen LogP contribution >= 0.6 is 0 Å². The van der Waals surface area contributed by atoms with E-state index >= 15 is 0 Å². The first kappa shape index (κ1) is 19.7. The van der Waals surface area contributed by atoms with Gasteiger partial charge in [-0.1, -0.05) is 12.1 Å². The van der Waals surface area contributed by atoms with Gasteiger partial charge in [0.2, 0.25) is 0 Å². The molecule has 1 amide bonds. The number of rotatable bonds is 6. The average molecular weight is 387 g/mol. The molecule has 0 fully saturated rings. The van der Waals surface area contributed by atoms with E-state index in [1.165, 1.54) is 31.2 Å². The molecule has 0 bridgehead atoms. The van der Waals surface area contributed by atoms with E-state index in [-0.39, 0.29) is 12.2 Å². The summed E-state index contributed by atoms with van der Waals surface area (Å²) in [5.41, 5.74) is 1.10. The van der Waals surface area contributed by atoms with Crippen molar-refractivity contribution in [2.45, 2.75) is 38.9 Å². The first-order chi connectivity index (χ1) is 13.2. The number of esters is 1. The fourth-order valence-electron chi connectivity index (χ4n) is 2.90. The molecule has 2 aromatic carbocycles. The van der Waals surface area contributed by atoms with Gasteiger partial charge < -0.3 is 19.5 Å². The van der Waals surface area contributed by atoms with Crippen LogP contribution in [0.15, 0.2) is 42.5 Å². The Morgan fingerprint density at radius 3 is 2.64 bits per heavy atom. The van der Waals surface area contributed by atoms with Crippen LogP contribution in [-0.4, -0.2) is 30.2 Å². The van der Waals surface area contributed by atoms with Crippen molar-refractivity contribution in [3.05, 3.63) is 53.8 Å². The molecule has 6 nitrogen and oxygen atoms in total. The Balaban J connectivity index is 1.51. The van der Waals surface area contributed by atoms with Gasteiger partial charge in [0.25, 0.3) is 5.91 Å². The number of hydrogen-bond acceptors (Lipinski definition) is 5. The lowest BCUT2D eigenvalue weighted by Crippen LogP contribution is -2.31. The van der Waals surface area contributed by atoms with Gasteiger partial charge in [-0.15, -0.1) is 0 Å². The molecule has 1 aliphatic rings. The summed E-state index contributed by atoms with van der Waals surface area (Å²) in [6.45, 7) is 5.05. The number of carbonyl (C=O) groups excluding carboxylic acids is 2. The van der Waals surface area contributed by atoms with Gasteiger partial charge in [-0.2, -0.15) is 0 Å². The van der Waals surface area contributed by atoms with Crippen molar-refractivity contribution in [2.75, 3.05) is 11.9 Å². The Labute approximate surface area is 162 Å². The number of benzene rings is 2. The monoisotopic (exact) mass is 387 g/mol. The van der Waals surface area contributed by atoms with Crippen molar-refractivity contribution < 1.29 is 28.2 Å². The molecule has 0 unspecified atom stereocenters. The fourth-order valence-corrected chi connectivity index (χ4v) is 2.90. The van der Waals surface area contributed by atoms with E-state index in [4.69, 9.17) is 14.2 Å². The Morgan fingerprint density at radius 2 is 1.93 bits per heavy atom. The van der Waals surface area contributed by atoms with Gasteiger partial charge in [0.05, 0.1) is 0 Å². The van der Waals surface area contributed by atoms with Gasteiger partial charge in [-0.3, -0.25) is 4.79 Å². The molecule has 1 heterocycles. The molecule has 0 aliphatic carbocycles. The van der Waals surface area contributed by atoms with Crippen LogP contribution in [0.2, 0.25) is 0 Å². The highest BCUT2D eigenvalue weighted by Gasteiger charge is 2.32. The SMILES string of the molecule is C[C@@H](OC(=O)COc1cccc2c1OC(C)(C)C2)C(=O)Nc1ccc(F)cc1. The number of para-hydroxylation sites is 1. The number of nitrogens with one attached hydrogen (secondary N) is 1. The lowest BCUT2D eigenvalue weighted by Gasteiger charge is -2.18. The van der Waals surface area contributed by atoms with Crippen LogP contribution < -0.4 is 14.8 Å². The molecule has 0 saturated heterocycles. The predicted octanol–water partition coefficient (Wildman–Crippen LogP) is 3.49. The van der Waals surface area contributed by atoms with Gasteiger partial charge in [-0.05, 0) is 51.1 Å². The van der Waals surface area contributed by atoms with Crippen LogP contribution in [0.4, 0.5) is 10.1 Å². The van der Waals surface area contributed by atoms with E-state index in [9.17, 15) is 14.0 Å². The summed E-state index contributed by atoms with van der Waals surface area (Å²) in [4.78, 5) is 24.1. The van der Waals surface area contributed by atoms with Crippen LogP contribution in [0, 0.1) is 5.82 Å². The minimum atomic E-state index is -1.03. The summed E-state index contributed by atoms with van der Waals surface area (Å²) in [6.07, 6.45) is -0.275. The second-order valence-corrected chi connectivity index (χ2v) is 7.20. The zero-order valence-corrected chi connectivity index (χ0v) is 16.0. The average Bonchev–Trinajstić information content (AvgIpc) is 2.96. The number of amides is 1. The zero-order chi connectivity index (χ0) is 20.3. The number of anilines is 1. The normalized spacial score (nSPS) is 15.1. The second kappa shape index (κ2) is 7.88. The number of ether oxygens (including phenoxy) is 3. The fraction of sp³-hybridized carbons (Fsp3) is 0.333. The topological polar surface area (TPSA) is 73.9 Å². The molecule has 0 radical (unpaired) electrons. The summed E-state index contributed by atoms with van der Waals surface area (Å²) in [5, 5.41) is 2.55. The van der Waals surface area contributed by atoms with Crippen molar-refractivity contribution in [1.29, 1.82) is 0 Å². The zero-order valence-electron chi connectivity index (χ0n) is 16.0. The van der Waals surface area contributed by atoms with E-state index in [1.807, 2.05) is 26.0 Å². The van der Waals surface area contributed by atoms with Gasteiger partial charge in [0, 0.05) is 17.7 Å². The van der Waals surface area contributed by atoms with Crippen molar-refractivity contribution in [1.82, 2.24) is 0 Å². The third-order valence-electron chi connectivity index (χ3n) is 4.19. The van der Waals surface area contributed by atoms with E-state index in [0.29, 0.717) is 17.2 Å². The minimum absolute atomic E-state index is 0.324. The second-order valence-electron chi connectivity index (χ2n) is 7.20. The molecule has 3 rings (SSSR count). The maximum atomic E-state index is 12.9. The Bertz CT molecular complexity index is 879. The van der Waals surface area contributed by atoms with Gasteiger partial charge in [0.15, 0.2) is 24.2 Å². The maximum absolute atomic E-state index is 12.9. The summed E-state index contributed by atoms with van der Waals surface area (Å²) in [6, 6.07) is 10.8. The molecule has 0 aromatic heterocycles. The smallest absolute Gasteiger partial charge is 0.344 e. The van der Waals surface area contributed by atoms with Crippen molar-refractivity contribution in [2.24, 2.45) is 0 Å². The van der Waals surface area contributed by atoms with Crippen LogP contribution in [0.3, 0.4) is 0 Å². The summed E-state index contributed by atoms with van der Waals surface area (Å²) in [5.74, 6) is -0.525. The molecular weight excluding hydrogens is 365 g/mol. The van der Waals surface area contributed by atoms with E-state index in [1.54, 1.807) is 6.07 Å². The lowest BCUT2D eigenvalue weighted by atomic mass is 10.0. The summed E-state index contributed by atoms with van der Waals surface area (Å²) < 4.78 is 29.4.